The zero-order chi connectivity index (χ0) is 19.1. The van der Waals surface area contributed by atoms with Crippen LogP contribution in [0.2, 0.25) is 0 Å². The van der Waals surface area contributed by atoms with E-state index in [0.717, 1.165) is 36.6 Å². The van der Waals surface area contributed by atoms with E-state index in [9.17, 15) is 4.79 Å². The van der Waals surface area contributed by atoms with Gasteiger partial charge in [-0.3, -0.25) is 5.10 Å². The number of hydrogen-bond acceptors (Lipinski definition) is 3. The average Bonchev–Trinajstić information content (AvgIpc) is 3.13. The summed E-state index contributed by atoms with van der Waals surface area (Å²) >= 11 is 0. The topological polar surface area (TPSA) is 75.2 Å². The normalized spacial score (nSPS) is 17.4. The van der Waals surface area contributed by atoms with Gasteiger partial charge in [-0.15, -0.1) is 0 Å². The predicted molar refractivity (Wildman–Crippen MR) is 106 cm³/mol. The molecule has 0 fully saturated rings. The van der Waals surface area contributed by atoms with E-state index in [1.807, 2.05) is 30.3 Å². The minimum absolute atomic E-state index is 0.109. The average molecular weight is 364 g/mol. The quantitative estimate of drug-likeness (QED) is 0.720. The molecule has 2 N–H and O–H groups in total. The fourth-order valence-electron chi connectivity index (χ4n) is 3.09. The van der Waals surface area contributed by atoms with E-state index in [1.165, 1.54) is 16.7 Å². The van der Waals surface area contributed by atoms with Gasteiger partial charge in [0, 0.05) is 12.3 Å². The van der Waals surface area contributed by atoms with Crippen LogP contribution in [0.5, 0.6) is 0 Å². The van der Waals surface area contributed by atoms with Gasteiger partial charge in [0.1, 0.15) is 0 Å². The fourth-order valence-corrected chi connectivity index (χ4v) is 3.09. The molecule has 0 amide bonds. The summed E-state index contributed by atoms with van der Waals surface area (Å²) in [6, 6.07) is 9.85. The van der Waals surface area contributed by atoms with Crippen LogP contribution in [-0.4, -0.2) is 34.0 Å². The second kappa shape index (κ2) is 9.14. The Hall–Kier alpha value is -2.92. The molecule has 2 aromatic rings. The Morgan fingerprint density at radius 3 is 2.85 bits per heavy atom. The molecule has 1 unspecified atom stereocenters. The summed E-state index contributed by atoms with van der Waals surface area (Å²) in [5.74, 6) is -0.940. The minimum atomic E-state index is -0.940. The van der Waals surface area contributed by atoms with Crippen LogP contribution in [0.15, 0.2) is 60.3 Å². The number of ether oxygens (including phenoxy) is 1. The Labute approximate surface area is 159 Å². The van der Waals surface area contributed by atoms with Crippen molar-refractivity contribution in [2.75, 3.05) is 6.61 Å². The maximum Gasteiger partial charge on any atom is 0.328 e. The van der Waals surface area contributed by atoms with Gasteiger partial charge >= 0.3 is 5.97 Å². The molecule has 1 aromatic carbocycles. The van der Waals surface area contributed by atoms with E-state index >= 15 is 0 Å². The van der Waals surface area contributed by atoms with Crippen molar-refractivity contribution in [3.8, 4) is 0 Å². The van der Waals surface area contributed by atoms with Crippen LogP contribution in [0, 0.1) is 0 Å². The van der Waals surface area contributed by atoms with Crippen molar-refractivity contribution in [1.29, 1.82) is 0 Å². The highest BCUT2D eigenvalue weighted by Crippen LogP contribution is 2.26. The molecule has 27 heavy (non-hydrogen) atoms. The first-order valence-corrected chi connectivity index (χ1v) is 9.11. The lowest BCUT2D eigenvalue weighted by Gasteiger charge is -2.13. The van der Waals surface area contributed by atoms with Crippen LogP contribution in [0.3, 0.4) is 0 Å². The van der Waals surface area contributed by atoms with Gasteiger partial charge in [0.05, 0.1) is 18.4 Å². The van der Waals surface area contributed by atoms with Crippen molar-refractivity contribution >= 4 is 17.6 Å². The highest BCUT2D eigenvalue weighted by atomic mass is 16.5. The van der Waals surface area contributed by atoms with Crippen molar-refractivity contribution in [1.82, 2.24) is 10.2 Å². The van der Waals surface area contributed by atoms with Crippen LogP contribution in [-0.2, 0) is 16.0 Å². The summed E-state index contributed by atoms with van der Waals surface area (Å²) in [6.45, 7) is 2.81. The smallest absolute Gasteiger partial charge is 0.328 e. The maximum atomic E-state index is 10.5. The minimum Gasteiger partial charge on any atom is -0.478 e. The molecule has 0 saturated heterocycles. The molecular weight excluding hydrogens is 340 g/mol. The van der Waals surface area contributed by atoms with Gasteiger partial charge in [0.15, 0.2) is 0 Å². The van der Waals surface area contributed by atoms with Gasteiger partial charge in [0.25, 0.3) is 0 Å². The number of carbonyl (C=O) groups is 1. The molecule has 1 heterocycles. The number of nitrogens with zero attached hydrogens (tertiary/aromatic N) is 1. The van der Waals surface area contributed by atoms with E-state index in [-0.39, 0.29) is 6.10 Å². The third kappa shape index (κ3) is 5.53. The van der Waals surface area contributed by atoms with Crippen molar-refractivity contribution in [3.63, 3.8) is 0 Å². The van der Waals surface area contributed by atoms with Crippen molar-refractivity contribution in [3.05, 3.63) is 77.2 Å². The molecule has 1 atom stereocenters. The van der Waals surface area contributed by atoms with Gasteiger partial charge in [-0.2, -0.15) is 5.10 Å². The Morgan fingerprint density at radius 1 is 1.33 bits per heavy atom. The van der Waals surface area contributed by atoms with Crippen LogP contribution < -0.4 is 0 Å². The SMILES string of the molecule is CC1=C(c2ccn[nH]2)C=CC(OCCc2ccc(/C=C/C(=O)O)cc2)CC1. The lowest BCUT2D eigenvalue weighted by Crippen LogP contribution is -2.11. The number of aromatic amines is 1. The summed E-state index contributed by atoms with van der Waals surface area (Å²) < 4.78 is 6.06. The van der Waals surface area contributed by atoms with Crippen LogP contribution in [0.1, 0.15) is 36.6 Å². The number of benzene rings is 1. The zero-order valence-corrected chi connectivity index (χ0v) is 15.4. The summed E-state index contributed by atoms with van der Waals surface area (Å²) in [5, 5.41) is 15.7. The van der Waals surface area contributed by atoms with E-state index in [1.54, 1.807) is 12.3 Å². The highest BCUT2D eigenvalue weighted by molar-refractivity contribution is 5.85. The second-order valence-electron chi connectivity index (χ2n) is 6.63. The molecule has 1 aliphatic rings. The van der Waals surface area contributed by atoms with Crippen LogP contribution >= 0.6 is 0 Å². The zero-order valence-electron chi connectivity index (χ0n) is 15.4. The first kappa shape index (κ1) is 18.9. The van der Waals surface area contributed by atoms with Gasteiger partial charge in [-0.05, 0) is 55.0 Å². The van der Waals surface area contributed by atoms with E-state index in [0.29, 0.717) is 6.61 Å². The Kier molecular flexibility index (Phi) is 6.39. The molecule has 0 spiro atoms. The number of rotatable bonds is 7. The molecule has 3 rings (SSSR count). The maximum absolute atomic E-state index is 10.5. The number of allylic oxidation sites excluding steroid dienone is 3. The fraction of sp³-hybridized carbons (Fsp3) is 0.273. The number of carboxylic acid groups (broad SMARTS) is 1. The van der Waals surface area contributed by atoms with E-state index in [4.69, 9.17) is 9.84 Å². The van der Waals surface area contributed by atoms with Gasteiger partial charge < -0.3 is 9.84 Å². The number of aromatic nitrogens is 2. The number of nitrogens with one attached hydrogen (secondary N) is 1. The number of H-pyrrole nitrogens is 1. The van der Waals surface area contributed by atoms with Crippen molar-refractivity contribution in [2.24, 2.45) is 0 Å². The molecule has 0 bridgehead atoms. The number of aliphatic carboxylic acids is 1. The molecule has 1 aromatic heterocycles. The highest BCUT2D eigenvalue weighted by Gasteiger charge is 2.13. The molecule has 1 aliphatic carbocycles. The molecule has 0 aliphatic heterocycles. The summed E-state index contributed by atoms with van der Waals surface area (Å²) in [6.07, 6.45) is 11.7. The Balaban J connectivity index is 1.50. The van der Waals surface area contributed by atoms with Crippen LogP contribution in [0.25, 0.3) is 11.6 Å². The molecule has 0 saturated carbocycles. The predicted octanol–water partition coefficient (Wildman–Crippen LogP) is 4.26. The molecule has 5 nitrogen and oxygen atoms in total. The van der Waals surface area contributed by atoms with E-state index < -0.39 is 5.97 Å². The van der Waals surface area contributed by atoms with Gasteiger partial charge in [-0.25, -0.2) is 4.79 Å². The van der Waals surface area contributed by atoms with Crippen molar-refractivity contribution < 1.29 is 14.6 Å². The third-order valence-electron chi connectivity index (χ3n) is 4.65. The second-order valence-corrected chi connectivity index (χ2v) is 6.63. The summed E-state index contributed by atoms with van der Waals surface area (Å²) in [5.41, 5.74) is 5.63. The lowest BCUT2D eigenvalue weighted by atomic mass is 10.0. The largest absolute Gasteiger partial charge is 0.478 e. The standard InChI is InChI=1S/C22H24N2O3/c1-16-2-8-19(9-10-20(16)21-12-14-23-24-21)27-15-13-18-5-3-17(4-6-18)7-11-22(25)26/h3-7,9-12,14,19H,2,8,13,15H2,1H3,(H,23,24)(H,25,26)/b11-7+. The third-order valence-corrected chi connectivity index (χ3v) is 4.65. The van der Waals surface area contributed by atoms with Gasteiger partial charge in [0.2, 0.25) is 0 Å². The van der Waals surface area contributed by atoms with E-state index in [2.05, 4.69) is 29.3 Å². The molecule has 5 heteroatoms. The Morgan fingerprint density at radius 2 is 2.15 bits per heavy atom. The monoisotopic (exact) mass is 364 g/mol. The first-order chi connectivity index (χ1) is 13.1. The first-order valence-electron chi connectivity index (χ1n) is 9.11. The number of hydrogen-bond donors (Lipinski definition) is 2. The lowest BCUT2D eigenvalue weighted by molar-refractivity contribution is -0.131. The number of carboxylic acids is 1. The summed E-state index contributed by atoms with van der Waals surface area (Å²) in [7, 11) is 0. The van der Waals surface area contributed by atoms with Crippen molar-refractivity contribution in [2.45, 2.75) is 32.3 Å². The molecule has 0 radical (unpaired) electrons. The Bertz CT molecular complexity index is 846. The van der Waals surface area contributed by atoms with Crippen LogP contribution in [0.4, 0.5) is 0 Å². The molecule has 140 valence electrons. The van der Waals surface area contributed by atoms with Gasteiger partial charge in [-0.1, -0.05) is 42.0 Å². The summed E-state index contributed by atoms with van der Waals surface area (Å²) in [4.78, 5) is 10.5. The molecular formula is C22H24N2O3.